The molecule has 15 heavy (non-hydrogen) atoms. The Labute approximate surface area is 96.7 Å². The van der Waals surface area contributed by atoms with Crippen molar-refractivity contribution in [2.45, 2.75) is 6.43 Å². The minimum Gasteiger partial charge on any atom is -0.463 e. The summed E-state index contributed by atoms with van der Waals surface area (Å²) in [6.45, 7) is 0. The number of ether oxygens (including phenoxy) is 1. The molecule has 1 aromatic rings. The second kappa shape index (κ2) is 4.64. The maximum atomic E-state index is 12.5. The van der Waals surface area contributed by atoms with Crippen LogP contribution in [0.3, 0.4) is 0 Å². The van der Waals surface area contributed by atoms with Gasteiger partial charge in [-0.2, -0.15) is 0 Å². The van der Waals surface area contributed by atoms with Gasteiger partial charge in [0.2, 0.25) is 0 Å². The van der Waals surface area contributed by atoms with Crippen LogP contribution in [0.25, 0.3) is 0 Å². The first-order valence-corrected chi connectivity index (χ1v) is 4.72. The van der Waals surface area contributed by atoms with Crippen LogP contribution in [0.4, 0.5) is 14.6 Å². The molecule has 5 nitrogen and oxygen atoms in total. The first-order valence-electron chi connectivity index (χ1n) is 3.64. The Morgan fingerprint density at radius 1 is 1.67 bits per heavy atom. The summed E-state index contributed by atoms with van der Waals surface area (Å²) in [4.78, 5) is 13.2. The third-order valence-corrected chi connectivity index (χ3v) is 2.67. The topological polar surface area (TPSA) is 65.3 Å². The van der Waals surface area contributed by atoms with Gasteiger partial charge in [0, 0.05) is 16.6 Å². The van der Waals surface area contributed by atoms with Gasteiger partial charge in [0.05, 0.1) is 7.11 Å². The van der Waals surface area contributed by atoms with Crippen molar-refractivity contribution >= 4 is 28.4 Å². The van der Waals surface area contributed by atoms with Crippen LogP contribution in [-0.2, 0) is 0 Å². The number of alkyl halides is 2. The number of methoxy groups -OCH3 is 1. The minimum absolute atomic E-state index is 0.173. The molecule has 0 radical (unpaired) electrons. The summed E-state index contributed by atoms with van der Waals surface area (Å²) in [5, 5.41) is 10.5. The SMILES string of the molecule is COc1cc(C(F)F)c(I)c([N+](=O)[O-])n1. The zero-order chi connectivity index (χ0) is 11.6. The molecule has 0 fully saturated rings. The molecular formula is C7H5F2IN2O3. The van der Waals surface area contributed by atoms with E-state index in [0.29, 0.717) is 0 Å². The van der Waals surface area contributed by atoms with Gasteiger partial charge in [-0.25, -0.2) is 8.78 Å². The molecule has 1 heterocycles. The summed E-state index contributed by atoms with van der Waals surface area (Å²) in [5.41, 5.74) is -0.450. The maximum absolute atomic E-state index is 12.5. The van der Waals surface area contributed by atoms with Gasteiger partial charge in [-0.15, -0.1) is 0 Å². The average molecular weight is 330 g/mol. The molecule has 0 bridgehead atoms. The Morgan fingerprint density at radius 2 is 2.27 bits per heavy atom. The predicted octanol–water partition coefficient (Wildman–Crippen LogP) is 2.54. The van der Waals surface area contributed by atoms with Crippen LogP contribution in [0.1, 0.15) is 12.0 Å². The predicted molar refractivity (Wildman–Crippen MR) is 55.1 cm³/mol. The van der Waals surface area contributed by atoms with Crippen molar-refractivity contribution in [1.82, 2.24) is 4.98 Å². The molecule has 0 saturated heterocycles. The number of hydrogen-bond acceptors (Lipinski definition) is 4. The summed E-state index contributed by atoms with van der Waals surface area (Å²) in [6, 6.07) is 0.986. The van der Waals surface area contributed by atoms with Crippen LogP contribution in [-0.4, -0.2) is 17.0 Å². The highest BCUT2D eigenvalue weighted by Gasteiger charge is 2.25. The van der Waals surface area contributed by atoms with E-state index in [-0.39, 0.29) is 9.45 Å². The number of nitro groups is 1. The van der Waals surface area contributed by atoms with E-state index in [0.717, 1.165) is 6.07 Å². The van der Waals surface area contributed by atoms with Crippen LogP contribution < -0.4 is 4.74 Å². The van der Waals surface area contributed by atoms with Gasteiger partial charge >= 0.3 is 11.7 Å². The van der Waals surface area contributed by atoms with Crippen molar-refractivity contribution in [3.05, 3.63) is 25.3 Å². The van der Waals surface area contributed by atoms with Crippen molar-refractivity contribution in [1.29, 1.82) is 0 Å². The highest BCUT2D eigenvalue weighted by molar-refractivity contribution is 14.1. The number of rotatable bonds is 3. The van der Waals surface area contributed by atoms with Gasteiger partial charge < -0.3 is 14.9 Å². The molecular weight excluding hydrogens is 325 g/mol. The fourth-order valence-electron chi connectivity index (χ4n) is 0.896. The standard InChI is InChI=1S/C7H5F2IN2O3/c1-15-4-2-3(6(8)9)5(10)7(11-4)12(13)14/h2,6H,1H3. The number of halogens is 3. The van der Waals surface area contributed by atoms with Gasteiger partial charge in [-0.05, 0) is 27.5 Å². The monoisotopic (exact) mass is 330 g/mol. The summed E-state index contributed by atoms with van der Waals surface area (Å²) >= 11 is 1.46. The molecule has 8 heteroatoms. The molecule has 1 aromatic heterocycles. The number of nitrogens with zero attached hydrogens (tertiary/aromatic N) is 2. The smallest absolute Gasteiger partial charge is 0.381 e. The molecule has 0 saturated carbocycles. The fourth-order valence-corrected chi connectivity index (χ4v) is 1.60. The molecule has 0 aromatic carbocycles. The second-order valence-electron chi connectivity index (χ2n) is 2.45. The van der Waals surface area contributed by atoms with E-state index in [1.807, 2.05) is 0 Å². The highest BCUT2D eigenvalue weighted by Crippen LogP contribution is 2.32. The van der Waals surface area contributed by atoms with Crippen molar-refractivity contribution in [3.63, 3.8) is 0 Å². The Balaban J connectivity index is 3.40. The zero-order valence-corrected chi connectivity index (χ0v) is 9.57. The van der Waals surface area contributed by atoms with E-state index in [1.165, 1.54) is 29.7 Å². The molecule has 0 aliphatic heterocycles. The molecule has 0 unspecified atom stereocenters. The molecule has 0 N–H and O–H groups in total. The van der Waals surface area contributed by atoms with Crippen LogP contribution in [0, 0.1) is 13.7 Å². The van der Waals surface area contributed by atoms with Crippen molar-refractivity contribution in [2.75, 3.05) is 7.11 Å². The zero-order valence-electron chi connectivity index (χ0n) is 7.41. The Kier molecular flexibility index (Phi) is 3.72. The van der Waals surface area contributed by atoms with Crippen LogP contribution in [0.5, 0.6) is 5.88 Å². The van der Waals surface area contributed by atoms with Gasteiger partial charge in [0.1, 0.15) is 3.57 Å². The lowest BCUT2D eigenvalue weighted by molar-refractivity contribution is -0.390. The maximum Gasteiger partial charge on any atom is 0.381 e. The third kappa shape index (κ3) is 2.49. The Morgan fingerprint density at radius 3 is 2.67 bits per heavy atom. The van der Waals surface area contributed by atoms with Crippen LogP contribution >= 0.6 is 22.6 Å². The molecule has 82 valence electrons. The summed E-state index contributed by atoms with van der Waals surface area (Å²) in [7, 11) is 1.20. The number of hydrogen-bond donors (Lipinski definition) is 0. The molecule has 1 rings (SSSR count). The first-order chi connectivity index (χ1) is 6.97. The first kappa shape index (κ1) is 12.0. The van der Waals surface area contributed by atoms with Gasteiger partial charge in [-0.3, -0.25) is 0 Å². The summed E-state index contributed by atoms with van der Waals surface area (Å²) < 4.78 is 29.4. The molecule has 0 atom stereocenters. The van der Waals surface area contributed by atoms with Gasteiger partial charge in [-0.1, -0.05) is 0 Å². The Hall–Kier alpha value is -1.06. The van der Waals surface area contributed by atoms with E-state index in [4.69, 9.17) is 0 Å². The average Bonchev–Trinajstić information content (AvgIpc) is 2.17. The largest absolute Gasteiger partial charge is 0.463 e. The second-order valence-corrected chi connectivity index (χ2v) is 3.53. The van der Waals surface area contributed by atoms with E-state index >= 15 is 0 Å². The van der Waals surface area contributed by atoms with Crippen LogP contribution in [0.2, 0.25) is 0 Å². The number of aromatic nitrogens is 1. The normalized spacial score (nSPS) is 10.5. The lowest BCUT2D eigenvalue weighted by Gasteiger charge is -2.04. The summed E-state index contributed by atoms with van der Waals surface area (Å²) in [5.74, 6) is -0.817. The van der Waals surface area contributed by atoms with Crippen LogP contribution in [0.15, 0.2) is 6.07 Å². The number of pyridine rings is 1. The quantitative estimate of drug-likeness (QED) is 0.485. The van der Waals surface area contributed by atoms with Crippen molar-refractivity contribution in [2.24, 2.45) is 0 Å². The Bertz CT molecular complexity index is 400. The van der Waals surface area contributed by atoms with Gasteiger partial charge in [0.25, 0.3) is 6.43 Å². The highest BCUT2D eigenvalue weighted by atomic mass is 127. The molecule has 0 aliphatic rings. The fraction of sp³-hybridized carbons (Fsp3) is 0.286. The van der Waals surface area contributed by atoms with Crippen molar-refractivity contribution in [3.8, 4) is 5.88 Å². The molecule has 0 aliphatic carbocycles. The molecule has 0 amide bonds. The van der Waals surface area contributed by atoms with E-state index in [1.54, 1.807) is 0 Å². The third-order valence-electron chi connectivity index (χ3n) is 1.56. The lowest BCUT2D eigenvalue weighted by Crippen LogP contribution is -2.02. The molecule has 0 spiro atoms. The summed E-state index contributed by atoms with van der Waals surface area (Å²) in [6.07, 6.45) is -2.80. The van der Waals surface area contributed by atoms with E-state index in [2.05, 4.69) is 9.72 Å². The van der Waals surface area contributed by atoms with Gasteiger partial charge in [0.15, 0.2) is 0 Å². The lowest BCUT2D eigenvalue weighted by atomic mass is 10.2. The van der Waals surface area contributed by atoms with E-state index in [9.17, 15) is 18.9 Å². The van der Waals surface area contributed by atoms with Crippen molar-refractivity contribution < 1.29 is 18.4 Å². The van der Waals surface area contributed by atoms with E-state index < -0.39 is 22.7 Å². The minimum atomic E-state index is -2.80.